The van der Waals surface area contributed by atoms with Crippen molar-refractivity contribution in [3.8, 4) is 0 Å². The molecule has 0 bridgehead atoms. The molecule has 2 aromatic rings. The Labute approximate surface area is 134 Å². The molecular weight excluding hydrogens is 390 g/mol. The summed E-state index contributed by atoms with van der Waals surface area (Å²) in [6.45, 7) is 0.286. The molecule has 0 amide bonds. The Morgan fingerprint density at radius 3 is 2.43 bits per heavy atom. The lowest BCUT2D eigenvalue weighted by Crippen LogP contribution is -2.04. The molecule has 0 heterocycles. The first kappa shape index (κ1) is 15.6. The first-order chi connectivity index (χ1) is 10.0. The predicted molar refractivity (Wildman–Crippen MR) is 85.5 cm³/mol. The molecule has 0 spiro atoms. The van der Waals surface area contributed by atoms with Gasteiger partial charge < -0.3 is 10.4 Å². The number of aliphatic hydroxyl groups is 1. The molecule has 110 valence electrons. The van der Waals surface area contributed by atoms with E-state index in [0.29, 0.717) is 6.54 Å². The smallest absolute Gasteiger partial charge is 0.293 e. The van der Waals surface area contributed by atoms with Crippen LogP contribution < -0.4 is 5.32 Å². The molecule has 0 aliphatic rings. The van der Waals surface area contributed by atoms with Crippen molar-refractivity contribution in [1.29, 1.82) is 0 Å². The summed E-state index contributed by atoms with van der Waals surface area (Å²) in [5.41, 5.74) is 1.64. The van der Waals surface area contributed by atoms with Crippen LogP contribution >= 0.6 is 22.6 Å². The van der Waals surface area contributed by atoms with Crippen LogP contribution in [0.1, 0.15) is 11.1 Å². The second-order valence-corrected chi connectivity index (χ2v) is 5.53. The van der Waals surface area contributed by atoms with Gasteiger partial charge in [0.1, 0.15) is 11.5 Å². The van der Waals surface area contributed by atoms with Crippen LogP contribution in [0, 0.1) is 19.5 Å². The number of aliphatic hydroxyl groups excluding tert-OH is 1. The number of benzene rings is 2. The number of nitrogens with one attached hydrogen (secondary N) is 1. The highest BCUT2D eigenvalue weighted by atomic mass is 127. The summed E-state index contributed by atoms with van der Waals surface area (Å²) in [7, 11) is 0. The van der Waals surface area contributed by atoms with E-state index in [9.17, 15) is 14.5 Å². The Balaban J connectivity index is 2.18. The second-order valence-electron chi connectivity index (χ2n) is 4.37. The van der Waals surface area contributed by atoms with E-state index < -0.39 is 10.7 Å². The molecule has 21 heavy (non-hydrogen) atoms. The molecule has 0 saturated heterocycles. The van der Waals surface area contributed by atoms with E-state index in [1.165, 1.54) is 6.07 Å². The second kappa shape index (κ2) is 6.81. The van der Waals surface area contributed by atoms with Crippen LogP contribution in [-0.4, -0.2) is 10.0 Å². The number of hydrogen-bond acceptors (Lipinski definition) is 4. The maximum absolute atomic E-state index is 13.5. The summed E-state index contributed by atoms with van der Waals surface area (Å²) >= 11 is 1.72. The molecule has 0 atom stereocenters. The van der Waals surface area contributed by atoms with Crippen LogP contribution in [0.5, 0.6) is 0 Å². The lowest BCUT2D eigenvalue weighted by Gasteiger charge is -2.08. The van der Waals surface area contributed by atoms with Gasteiger partial charge in [0.25, 0.3) is 5.69 Å². The number of anilines is 1. The molecule has 0 saturated carbocycles. The molecule has 2 aromatic carbocycles. The Hall–Kier alpha value is -1.74. The topological polar surface area (TPSA) is 75.4 Å². The van der Waals surface area contributed by atoms with Gasteiger partial charge >= 0.3 is 0 Å². The number of hydrogen-bond donors (Lipinski definition) is 2. The monoisotopic (exact) mass is 402 g/mol. The molecule has 0 fully saturated rings. The minimum absolute atomic E-state index is 0.0402. The summed E-state index contributed by atoms with van der Waals surface area (Å²) < 4.78 is 13.8. The fraction of sp³-hybridized carbons (Fsp3) is 0.143. The highest BCUT2D eigenvalue weighted by Gasteiger charge is 2.17. The molecular formula is C14H12FIN2O3. The van der Waals surface area contributed by atoms with Crippen molar-refractivity contribution < 1.29 is 14.4 Å². The van der Waals surface area contributed by atoms with Gasteiger partial charge in [0.15, 0.2) is 0 Å². The lowest BCUT2D eigenvalue weighted by atomic mass is 10.1. The fourth-order valence-electron chi connectivity index (χ4n) is 1.79. The summed E-state index contributed by atoms with van der Waals surface area (Å²) in [5.74, 6) is -0.501. The number of nitro benzene ring substituents is 1. The number of halogens is 2. The van der Waals surface area contributed by atoms with Crippen LogP contribution in [0.25, 0.3) is 0 Å². The van der Waals surface area contributed by atoms with Crippen molar-refractivity contribution in [1.82, 2.24) is 0 Å². The zero-order chi connectivity index (χ0) is 15.4. The largest absolute Gasteiger partial charge is 0.392 e. The van der Waals surface area contributed by atoms with Crippen LogP contribution in [-0.2, 0) is 13.2 Å². The van der Waals surface area contributed by atoms with Crippen molar-refractivity contribution in [2.24, 2.45) is 0 Å². The van der Waals surface area contributed by atoms with Crippen LogP contribution in [0.3, 0.4) is 0 Å². The highest BCUT2D eigenvalue weighted by molar-refractivity contribution is 14.1. The molecule has 0 radical (unpaired) electrons. The molecule has 5 nitrogen and oxygen atoms in total. The zero-order valence-corrected chi connectivity index (χ0v) is 13.0. The fourth-order valence-corrected chi connectivity index (χ4v) is 2.24. The number of nitro groups is 1. The minimum atomic E-state index is -0.543. The average molecular weight is 402 g/mol. The van der Waals surface area contributed by atoms with Gasteiger partial charge in [0, 0.05) is 18.7 Å². The van der Waals surface area contributed by atoms with Gasteiger partial charge in [-0.1, -0.05) is 24.3 Å². The van der Waals surface area contributed by atoms with Gasteiger partial charge in [0.05, 0.1) is 15.1 Å². The van der Waals surface area contributed by atoms with Crippen LogP contribution in [0.2, 0.25) is 0 Å². The van der Waals surface area contributed by atoms with E-state index in [0.717, 1.165) is 17.2 Å². The van der Waals surface area contributed by atoms with E-state index in [1.54, 1.807) is 46.9 Å². The highest BCUT2D eigenvalue weighted by Crippen LogP contribution is 2.29. The van der Waals surface area contributed by atoms with E-state index >= 15 is 0 Å². The normalized spacial score (nSPS) is 10.4. The zero-order valence-electron chi connectivity index (χ0n) is 10.8. The SMILES string of the molecule is O=[N+]([O-])c1cc(I)c(F)cc1NCc1ccc(CO)cc1. The molecule has 0 unspecified atom stereocenters. The average Bonchev–Trinajstić information content (AvgIpc) is 2.48. The summed E-state index contributed by atoms with van der Waals surface area (Å²) in [6.07, 6.45) is 0. The quantitative estimate of drug-likeness (QED) is 0.457. The van der Waals surface area contributed by atoms with E-state index in [-0.39, 0.29) is 21.6 Å². The van der Waals surface area contributed by atoms with Gasteiger partial charge in [-0.25, -0.2) is 4.39 Å². The molecule has 7 heteroatoms. The van der Waals surface area contributed by atoms with Crippen LogP contribution in [0.15, 0.2) is 36.4 Å². The standard InChI is InChI=1S/C14H12FIN2O3/c15-11-5-13(14(18(20)21)6-12(11)16)17-7-9-1-3-10(8-19)4-2-9/h1-6,17,19H,7-8H2. The molecule has 2 rings (SSSR count). The Kier molecular flexibility index (Phi) is 5.07. The van der Waals surface area contributed by atoms with Crippen molar-refractivity contribution >= 4 is 34.0 Å². The first-order valence-corrected chi connectivity index (χ1v) is 7.15. The third kappa shape index (κ3) is 3.88. The number of rotatable bonds is 5. The number of nitrogens with zero attached hydrogens (tertiary/aromatic N) is 1. The molecule has 0 aliphatic heterocycles. The Bertz CT molecular complexity index is 662. The van der Waals surface area contributed by atoms with Gasteiger partial charge in [-0.05, 0) is 33.7 Å². The summed E-state index contributed by atoms with van der Waals surface area (Å²) in [4.78, 5) is 10.4. The first-order valence-electron chi connectivity index (χ1n) is 6.07. The third-order valence-electron chi connectivity index (χ3n) is 2.92. The van der Waals surface area contributed by atoms with Crippen LogP contribution in [0.4, 0.5) is 15.8 Å². The predicted octanol–water partition coefficient (Wildman–Crippen LogP) is 3.44. The van der Waals surface area contributed by atoms with Gasteiger partial charge in [-0.3, -0.25) is 10.1 Å². The maximum Gasteiger partial charge on any atom is 0.293 e. The molecule has 0 aliphatic carbocycles. The van der Waals surface area contributed by atoms with Crippen molar-refractivity contribution in [2.45, 2.75) is 13.2 Å². The van der Waals surface area contributed by atoms with E-state index in [4.69, 9.17) is 5.11 Å². The summed E-state index contributed by atoms with van der Waals surface area (Å²) in [5, 5.41) is 22.8. The molecule has 2 N–H and O–H groups in total. The van der Waals surface area contributed by atoms with Crippen molar-refractivity contribution in [3.63, 3.8) is 0 Å². The Morgan fingerprint density at radius 2 is 1.86 bits per heavy atom. The molecule has 0 aromatic heterocycles. The maximum atomic E-state index is 13.5. The lowest BCUT2D eigenvalue weighted by molar-refractivity contribution is -0.384. The minimum Gasteiger partial charge on any atom is -0.392 e. The third-order valence-corrected chi connectivity index (χ3v) is 3.75. The summed E-state index contributed by atoms with van der Waals surface area (Å²) in [6, 6.07) is 9.45. The van der Waals surface area contributed by atoms with Gasteiger partial charge in [-0.15, -0.1) is 0 Å². The Morgan fingerprint density at radius 1 is 1.24 bits per heavy atom. The van der Waals surface area contributed by atoms with E-state index in [1.807, 2.05) is 0 Å². The van der Waals surface area contributed by atoms with Gasteiger partial charge in [0.2, 0.25) is 0 Å². The van der Waals surface area contributed by atoms with Crippen molar-refractivity contribution in [2.75, 3.05) is 5.32 Å². The van der Waals surface area contributed by atoms with Crippen molar-refractivity contribution in [3.05, 3.63) is 67.0 Å². The van der Waals surface area contributed by atoms with Gasteiger partial charge in [-0.2, -0.15) is 0 Å². The van der Waals surface area contributed by atoms with E-state index in [2.05, 4.69) is 5.32 Å².